The van der Waals surface area contributed by atoms with Gasteiger partial charge in [0, 0.05) is 29.3 Å². The first kappa shape index (κ1) is 18.8. The second-order valence-corrected chi connectivity index (χ2v) is 9.51. The van der Waals surface area contributed by atoms with Crippen molar-refractivity contribution >= 4 is 15.7 Å². The van der Waals surface area contributed by atoms with Crippen LogP contribution in [0.2, 0.25) is 0 Å². The third kappa shape index (κ3) is 4.31. The summed E-state index contributed by atoms with van der Waals surface area (Å²) in [7, 11) is -3.83. The van der Waals surface area contributed by atoms with Crippen molar-refractivity contribution < 1.29 is 13.3 Å². The fourth-order valence-corrected chi connectivity index (χ4v) is 5.18. The molecule has 8 heteroatoms. The lowest BCUT2D eigenvalue weighted by molar-refractivity contribution is -0.385. The molecule has 134 valence electrons. The van der Waals surface area contributed by atoms with E-state index in [1.807, 2.05) is 27.7 Å². The zero-order valence-electron chi connectivity index (χ0n) is 14.7. The van der Waals surface area contributed by atoms with Gasteiger partial charge in [-0.25, -0.2) is 13.1 Å². The molecule has 1 aliphatic heterocycles. The highest BCUT2D eigenvalue weighted by molar-refractivity contribution is 7.89. The van der Waals surface area contributed by atoms with Gasteiger partial charge in [0.05, 0.1) is 9.82 Å². The van der Waals surface area contributed by atoms with Crippen molar-refractivity contribution in [2.45, 2.75) is 69.5 Å². The van der Waals surface area contributed by atoms with Gasteiger partial charge >= 0.3 is 0 Å². The van der Waals surface area contributed by atoms with Gasteiger partial charge in [-0.05, 0) is 53.0 Å². The predicted molar refractivity (Wildman–Crippen MR) is 92.5 cm³/mol. The van der Waals surface area contributed by atoms with Crippen LogP contribution < -0.4 is 10.0 Å². The Balaban J connectivity index is 2.32. The molecule has 0 aromatic heterocycles. The van der Waals surface area contributed by atoms with Crippen LogP contribution in [0.3, 0.4) is 0 Å². The number of non-ortho nitro benzene ring substituents is 1. The second kappa shape index (κ2) is 6.09. The first-order valence-electron chi connectivity index (χ1n) is 7.88. The number of benzene rings is 1. The largest absolute Gasteiger partial charge is 0.307 e. The molecule has 1 heterocycles. The number of nitro groups is 1. The maximum absolute atomic E-state index is 12.8. The van der Waals surface area contributed by atoms with Crippen LogP contribution in [0.25, 0.3) is 0 Å². The molecule has 0 aliphatic carbocycles. The Kier molecular flexibility index (Phi) is 4.78. The van der Waals surface area contributed by atoms with E-state index >= 15 is 0 Å². The smallest absolute Gasteiger partial charge is 0.270 e. The third-order valence-electron chi connectivity index (χ3n) is 4.18. The number of sulfonamides is 1. The molecule has 1 saturated heterocycles. The first-order chi connectivity index (χ1) is 10.8. The van der Waals surface area contributed by atoms with E-state index in [0.29, 0.717) is 18.4 Å². The molecule has 0 amide bonds. The fourth-order valence-electron chi connectivity index (χ4n) is 3.68. The quantitative estimate of drug-likeness (QED) is 0.638. The molecule has 0 atom stereocenters. The minimum atomic E-state index is -3.83. The maximum Gasteiger partial charge on any atom is 0.270 e. The van der Waals surface area contributed by atoms with Crippen LogP contribution in [0.4, 0.5) is 5.69 Å². The van der Waals surface area contributed by atoms with Crippen molar-refractivity contribution in [3.8, 4) is 0 Å². The summed E-state index contributed by atoms with van der Waals surface area (Å²) in [5, 5.41) is 14.4. The van der Waals surface area contributed by atoms with E-state index in [1.54, 1.807) is 6.92 Å². The molecule has 1 aromatic carbocycles. The van der Waals surface area contributed by atoms with Crippen LogP contribution >= 0.6 is 0 Å². The van der Waals surface area contributed by atoms with Crippen molar-refractivity contribution in [2.75, 3.05) is 0 Å². The molecule has 0 saturated carbocycles. The Morgan fingerprint density at radius 3 is 2.25 bits per heavy atom. The average Bonchev–Trinajstić information content (AvgIpc) is 2.33. The number of aryl methyl sites for hydroxylation is 1. The van der Waals surface area contributed by atoms with Gasteiger partial charge in [0.15, 0.2) is 0 Å². The zero-order valence-corrected chi connectivity index (χ0v) is 15.5. The van der Waals surface area contributed by atoms with Gasteiger partial charge in [-0.1, -0.05) is 6.07 Å². The van der Waals surface area contributed by atoms with E-state index in [9.17, 15) is 18.5 Å². The fraction of sp³-hybridized carbons (Fsp3) is 0.625. The van der Waals surface area contributed by atoms with Crippen LogP contribution in [-0.2, 0) is 10.0 Å². The molecule has 0 spiro atoms. The number of nitrogens with zero attached hydrogens (tertiary/aromatic N) is 1. The molecule has 0 radical (unpaired) electrons. The summed E-state index contributed by atoms with van der Waals surface area (Å²) in [6.45, 7) is 9.78. The van der Waals surface area contributed by atoms with Crippen LogP contribution in [-0.4, -0.2) is 30.5 Å². The van der Waals surface area contributed by atoms with Crippen LogP contribution in [0.5, 0.6) is 0 Å². The van der Waals surface area contributed by atoms with Gasteiger partial charge in [-0.2, -0.15) is 0 Å². The number of nitrogens with one attached hydrogen (secondary N) is 2. The molecule has 0 bridgehead atoms. The molecular weight excluding hydrogens is 330 g/mol. The summed E-state index contributed by atoms with van der Waals surface area (Å²) in [5.41, 5.74) is -0.146. The summed E-state index contributed by atoms with van der Waals surface area (Å²) < 4.78 is 28.3. The van der Waals surface area contributed by atoms with Crippen LogP contribution in [0.1, 0.15) is 46.1 Å². The van der Waals surface area contributed by atoms with Gasteiger partial charge in [0.1, 0.15) is 0 Å². The van der Waals surface area contributed by atoms with E-state index in [2.05, 4.69) is 10.0 Å². The highest BCUT2D eigenvalue weighted by Gasteiger charge is 2.39. The normalized spacial score (nSPS) is 20.7. The summed E-state index contributed by atoms with van der Waals surface area (Å²) in [6.07, 6.45) is 1.28. The standard InChI is InChI=1S/C16H25N3O4S/c1-11-6-7-13(19(20)21)8-14(11)24(22,23)17-12-9-15(2,3)18-16(4,5)10-12/h6-8,12,17-18H,9-10H2,1-5H3. The number of nitro benzene ring substituents is 1. The predicted octanol–water partition coefficient (Wildman–Crippen LogP) is 2.49. The molecule has 0 unspecified atom stereocenters. The molecule has 1 aliphatic rings. The first-order valence-corrected chi connectivity index (χ1v) is 9.36. The zero-order chi connectivity index (χ0) is 18.3. The van der Waals surface area contributed by atoms with Crippen molar-refractivity contribution in [3.63, 3.8) is 0 Å². The highest BCUT2D eigenvalue weighted by atomic mass is 32.2. The van der Waals surface area contributed by atoms with Crippen LogP contribution in [0, 0.1) is 17.0 Å². The summed E-state index contributed by atoms with van der Waals surface area (Å²) in [5.74, 6) is 0. The summed E-state index contributed by atoms with van der Waals surface area (Å²) in [4.78, 5) is 10.3. The third-order valence-corrected chi connectivity index (χ3v) is 5.85. The Hall–Kier alpha value is -1.51. The number of hydrogen-bond acceptors (Lipinski definition) is 5. The number of piperidine rings is 1. The molecule has 2 N–H and O–H groups in total. The lowest BCUT2D eigenvalue weighted by atomic mass is 9.80. The van der Waals surface area contributed by atoms with E-state index < -0.39 is 14.9 Å². The van der Waals surface area contributed by atoms with Crippen molar-refractivity contribution in [1.29, 1.82) is 0 Å². The van der Waals surface area contributed by atoms with Crippen molar-refractivity contribution in [2.24, 2.45) is 0 Å². The van der Waals surface area contributed by atoms with Crippen molar-refractivity contribution in [1.82, 2.24) is 10.0 Å². The van der Waals surface area contributed by atoms with E-state index in [0.717, 1.165) is 6.07 Å². The van der Waals surface area contributed by atoms with E-state index in [-0.39, 0.29) is 27.7 Å². The average molecular weight is 355 g/mol. The Bertz CT molecular complexity index is 741. The Labute approximate surface area is 143 Å². The summed E-state index contributed by atoms with van der Waals surface area (Å²) in [6, 6.07) is 3.66. The monoisotopic (exact) mass is 355 g/mol. The van der Waals surface area contributed by atoms with E-state index in [4.69, 9.17) is 0 Å². The van der Waals surface area contributed by atoms with Gasteiger partial charge < -0.3 is 5.32 Å². The minimum Gasteiger partial charge on any atom is -0.307 e. The highest BCUT2D eigenvalue weighted by Crippen LogP contribution is 2.30. The molecular formula is C16H25N3O4S. The van der Waals surface area contributed by atoms with E-state index in [1.165, 1.54) is 12.1 Å². The minimum absolute atomic E-state index is 0.0363. The molecule has 7 nitrogen and oxygen atoms in total. The van der Waals surface area contributed by atoms with Gasteiger partial charge in [-0.15, -0.1) is 0 Å². The Morgan fingerprint density at radius 2 is 1.75 bits per heavy atom. The Morgan fingerprint density at radius 1 is 1.21 bits per heavy atom. The number of hydrogen-bond donors (Lipinski definition) is 2. The van der Waals surface area contributed by atoms with Gasteiger partial charge in [0.25, 0.3) is 5.69 Å². The SMILES string of the molecule is Cc1ccc([N+](=O)[O-])cc1S(=O)(=O)NC1CC(C)(C)NC(C)(C)C1. The molecule has 24 heavy (non-hydrogen) atoms. The second-order valence-electron chi connectivity index (χ2n) is 7.83. The topological polar surface area (TPSA) is 101 Å². The molecule has 1 fully saturated rings. The number of rotatable bonds is 4. The molecule has 2 rings (SSSR count). The lowest BCUT2D eigenvalue weighted by Gasteiger charge is -2.46. The molecule has 1 aromatic rings. The van der Waals surface area contributed by atoms with Crippen LogP contribution in [0.15, 0.2) is 23.1 Å². The maximum atomic E-state index is 12.8. The van der Waals surface area contributed by atoms with Crippen molar-refractivity contribution in [3.05, 3.63) is 33.9 Å². The van der Waals surface area contributed by atoms with Gasteiger partial charge in [0.2, 0.25) is 10.0 Å². The van der Waals surface area contributed by atoms with Gasteiger partial charge in [-0.3, -0.25) is 10.1 Å². The summed E-state index contributed by atoms with van der Waals surface area (Å²) >= 11 is 0. The lowest BCUT2D eigenvalue weighted by Crippen LogP contribution is -2.62.